The first-order valence-electron chi connectivity index (χ1n) is 7.40. The van der Waals surface area contributed by atoms with Gasteiger partial charge in [-0.25, -0.2) is 4.79 Å². The Morgan fingerprint density at radius 3 is 2.42 bits per heavy atom. The van der Waals surface area contributed by atoms with Crippen molar-refractivity contribution in [1.82, 2.24) is 20.4 Å². The van der Waals surface area contributed by atoms with Crippen LogP contribution in [-0.4, -0.2) is 68.7 Å². The third kappa shape index (κ3) is 6.78. The van der Waals surface area contributed by atoms with Crippen molar-refractivity contribution < 1.29 is 4.79 Å². The van der Waals surface area contributed by atoms with Crippen LogP contribution in [0.5, 0.6) is 0 Å². The number of carbonyl (C=O) groups is 1. The molecule has 0 radical (unpaired) electrons. The van der Waals surface area contributed by atoms with Crippen molar-refractivity contribution in [3.05, 3.63) is 0 Å². The number of nitrogens with one attached hydrogen (secondary N) is 2. The first-order chi connectivity index (χ1) is 8.99. The molecule has 0 saturated carbocycles. The number of urea groups is 1. The van der Waals surface area contributed by atoms with Crippen molar-refractivity contribution in [3.63, 3.8) is 0 Å². The monoisotopic (exact) mass is 270 g/mol. The Hall–Kier alpha value is -0.810. The smallest absolute Gasteiger partial charge is 0.316 e. The van der Waals surface area contributed by atoms with E-state index in [0.29, 0.717) is 12.6 Å². The molecule has 0 aromatic rings. The average molecular weight is 270 g/mol. The highest BCUT2D eigenvalue weighted by Gasteiger charge is 2.18. The Kier molecular flexibility index (Phi) is 7.16. The normalized spacial score (nSPS) is 17.7. The number of amides is 2. The highest BCUT2D eigenvalue weighted by atomic mass is 16.2. The molecule has 5 heteroatoms. The molecule has 112 valence electrons. The van der Waals surface area contributed by atoms with Crippen molar-refractivity contribution >= 4 is 6.03 Å². The van der Waals surface area contributed by atoms with E-state index in [0.717, 1.165) is 12.5 Å². The minimum Gasteiger partial charge on any atom is -0.337 e. The van der Waals surface area contributed by atoms with Gasteiger partial charge in [-0.15, -0.1) is 0 Å². The molecule has 0 spiro atoms. The summed E-state index contributed by atoms with van der Waals surface area (Å²) in [4.78, 5) is 15.4. The molecule has 0 bridgehead atoms. The van der Waals surface area contributed by atoms with Gasteiger partial charge in [-0.05, 0) is 31.8 Å². The van der Waals surface area contributed by atoms with E-state index in [4.69, 9.17) is 0 Å². The van der Waals surface area contributed by atoms with Gasteiger partial charge in [-0.1, -0.05) is 13.8 Å². The molecular weight excluding hydrogens is 240 g/mol. The molecule has 2 N–H and O–H groups in total. The number of hydrogen-bond acceptors (Lipinski definition) is 3. The molecule has 1 aliphatic rings. The van der Waals surface area contributed by atoms with Gasteiger partial charge in [0.2, 0.25) is 0 Å². The Morgan fingerprint density at radius 2 is 1.89 bits per heavy atom. The van der Waals surface area contributed by atoms with Gasteiger partial charge in [0.15, 0.2) is 0 Å². The summed E-state index contributed by atoms with van der Waals surface area (Å²) in [7, 11) is 3.51. The van der Waals surface area contributed by atoms with Gasteiger partial charge in [0.1, 0.15) is 0 Å². The molecule has 0 aromatic carbocycles. The largest absolute Gasteiger partial charge is 0.337 e. The van der Waals surface area contributed by atoms with Crippen molar-refractivity contribution in [1.29, 1.82) is 0 Å². The molecule has 1 fully saturated rings. The maximum Gasteiger partial charge on any atom is 0.316 e. The standard InChI is InChI=1S/C14H30N4O/c1-12(2)11-18-9-5-13(6-10-18)15-7-8-16-14(19)17(3)4/h12-13,15H,5-11H2,1-4H3,(H,16,19). The lowest BCUT2D eigenvalue weighted by Gasteiger charge is -2.33. The minimum absolute atomic E-state index is 0.0199. The van der Waals surface area contributed by atoms with Gasteiger partial charge in [-0.2, -0.15) is 0 Å². The number of hydrogen-bond donors (Lipinski definition) is 2. The van der Waals surface area contributed by atoms with E-state index < -0.39 is 0 Å². The van der Waals surface area contributed by atoms with E-state index >= 15 is 0 Å². The second kappa shape index (κ2) is 8.38. The van der Waals surface area contributed by atoms with Gasteiger partial charge in [0.05, 0.1) is 0 Å². The van der Waals surface area contributed by atoms with Crippen LogP contribution in [-0.2, 0) is 0 Å². The fourth-order valence-corrected chi connectivity index (χ4v) is 2.44. The second-order valence-corrected chi connectivity index (χ2v) is 6.05. The maximum atomic E-state index is 11.3. The molecule has 0 atom stereocenters. The maximum absolute atomic E-state index is 11.3. The fourth-order valence-electron chi connectivity index (χ4n) is 2.44. The topological polar surface area (TPSA) is 47.6 Å². The molecule has 0 aromatic heterocycles. The number of carbonyl (C=O) groups excluding carboxylic acids is 1. The third-order valence-corrected chi connectivity index (χ3v) is 3.45. The summed E-state index contributed by atoms with van der Waals surface area (Å²) in [5.41, 5.74) is 0. The van der Waals surface area contributed by atoms with E-state index in [1.807, 2.05) is 0 Å². The fraction of sp³-hybridized carbons (Fsp3) is 0.929. The summed E-state index contributed by atoms with van der Waals surface area (Å²) in [6.07, 6.45) is 2.43. The van der Waals surface area contributed by atoms with Crippen LogP contribution in [0, 0.1) is 5.92 Å². The quantitative estimate of drug-likeness (QED) is 0.707. The van der Waals surface area contributed by atoms with Gasteiger partial charge < -0.3 is 20.4 Å². The zero-order chi connectivity index (χ0) is 14.3. The average Bonchev–Trinajstić information content (AvgIpc) is 2.35. The van der Waals surface area contributed by atoms with E-state index in [1.165, 1.54) is 32.5 Å². The lowest BCUT2D eigenvalue weighted by atomic mass is 10.0. The SMILES string of the molecule is CC(C)CN1CCC(NCCNC(=O)N(C)C)CC1. The third-order valence-electron chi connectivity index (χ3n) is 3.45. The van der Waals surface area contributed by atoms with Gasteiger partial charge >= 0.3 is 6.03 Å². The zero-order valence-corrected chi connectivity index (χ0v) is 12.9. The molecule has 1 saturated heterocycles. The van der Waals surface area contributed by atoms with Crippen LogP contribution in [0.25, 0.3) is 0 Å². The van der Waals surface area contributed by atoms with Crippen LogP contribution in [0.3, 0.4) is 0 Å². The molecular formula is C14H30N4O. The molecule has 1 heterocycles. The predicted octanol–water partition coefficient (Wildman–Crippen LogP) is 0.968. The van der Waals surface area contributed by atoms with E-state index in [-0.39, 0.29) is 6.03 Å². The lowest BCUT2D eigenvalue weighted by molar-refractivity contribution is 0.180. The molecule has 1 aliphatic heterocycles. The summed E-state index contributed by atoms with van der Waals surface area (Å²) in [6, 6.07) is 0.591. The lowest BCUT2D eigenvalue weighted by Crippen LogP contribution is -2.46. The molecule has 0 aliphatic carbocycles. The van der Waals surface area contributed by atoms with E-state index in [9.17, 15) is 4.79 Å². The highest BCUT2D eigenvalue weighted by Crippen LogP contribution is 2.11. The van der Waals surface area contributed by atoms with Crippen LogP contribution >= 0.6 is 0 Å². The van der Waals surface area contributed by atoms with Crippen molar-refractivity contribution in [3.8, 4) is 0 Å². The molecule has 1 rings (SSSR count). The number of piperidine rings is 1. The summed E-state index contributed by atoms with van der Waals surface area (Å²) in [6.45, 7) is 9.71. The van der Waals surface area contributed by atoms with Crippen LogP contribution in [0.2, 0.25) is 0 Å². The van der Waals surface area contributed by atoms with Crippen molar-refractivity contribution in [2.75, 3.05) is 46.8 Å². The molecule has 2 amide bonds. The minimum atomic E-state index is -0.0199. The van der Waals surface area contributed by atoms with Crippen LogP contribution in [0.4, 0.5) is 4.79 Å². The summed E-state index contributed by atoms with van der Waals surface area (Å²) in [5.74, 6) is 0.755. The Balaban J connectivity index is 2.05. The van der Waals surface area contributed by atoms with E-state index in [2.05, 4.69) is 29.4 Å². The van der Waals surface area contributed by atoms with Gasteiger partial charge in [0, 0.05) is 39.8 Å². The molecule has 19 heavy (non-hydrogen) atoms. The number of likely N-dealkylation sites (tertiary alicyclic amines) is 1. The Bertz CT molecular complexity index is 260. The summed E-state index contributed by atoms with van der Waals surface area (Å²) >= 11 is 0. The number of nitrogens with zero attached hydrogens (tertiary/aromatic N) is 2. The van der Waals surface area contributed by atoms with Crippen molar-refractivity contribution in [2.45, 2.75) is 32.7 Å². The predicted molar refractivity (Wildman–Crippen MR) is 79.4 cm³/mol. The summed E-state index contributed by atoms with van der Waals surface area (Å²) in [5, 5.41) is 6.40. The van der Waals surface area contributed by atoms with Crippen LogP contribution in [0.15, 0.2) is 0 Å². The second-order valence-electron chi connectivity index (χ2n) is 6.05. The molecule has 0 unspecified atom stereocenters. The molecule has 5 nitrogen and oxygen atoms in total. The first-order valence-corrected chi connectivity index (χ1v) is 7.40. The number of rotatable bonds is 6. The van der Waals surface area contributed by atoms with Crippen LogP contribution < -0.4 is 10.6 Å². The first kappa shape index (κ1) is 16.2. The Labute approximate surface area is 117 Å². The van der Waals surface area contributed by atoms with Crippen LogP contribution in [0.1, 0.15) is 26.7 Å². The zero-order valence-electron chi connectivity index (χ0n) is 12.9. The van der Waals surface area contributed by atoms with Gasteiger partial charge in [-0.3, -0.25) is 0 Å². The van der Waals surface area contributed by atoms with Gasteiger partial charge in [0.25, 0.3) is 0 Å². The highest BCUT2D eigenvalue weighted by molar-refractivity contribution is 5.73. The van der Waals surface area contributed by atoms with E-state index in [1.54, 1.807) is 19.0 Å². The Morgan fingerprint density at radius 1 is 1.26 bits per heavy atom. The van der Waals surface area contributed by atoms with Crippen molar-refractivity contribution in [2.24, 2.45) is 5.92 Å². The summed E-state index contributed by atoms with van der Waals surface area (Å²) < 4.78 is 0.